The van der Waals surface area contributed by atoms with Gasteiger partial charge in [-0.25, -0.2) is 4.79 Å². The lowest BCUT2D eigenvalue weighted by atomic mass is 9.47. The first-order valence-electron chi connectivity index (χ1n) is 21.4. The first-order valence-corrected chi connectivity index (χ1v) is 21.4. The maximum absolute atomic E-state index is 15.3. The van der Waals surface area contributed by atoms with E-state index in [1.807, 2.05) is 50.3 Å². The Hall–Kier alpha value is -4.63. The van der Waals surface area contributed by atoms with Crippen molar-refractivity contribution < 1.29 is 48.3 Å². The molecule has 2 saturated carbocycles. The van der Waals surface area contributed by atoms with Crippen molar-refractivity contribution in [2.45, 2.75) is 111 Å². The van der Waals surface area contributed by atoms with Crippen LogP contribution < -0.4 is 9.64 Å². The Morgan fingerprint density at radius 1 is 0.917 bits per heavy atom. The van der Waals surface area contributed by atoms with Gasteiger partial charge in [0.2, 0.25) is 12.0 Å². The predicted octanol–water partition coefficient (Wildman–Crippen LogP) is 3.24. The van der Waals surface area contributed by atoms with Gasteiger partial charge in [-0.15, -0.1) is 0 Å². The minimum Gasteiger partial charge on any atom is -0.496 e. The van der Waals surface area contributed by atoms with Gasteiger partial charge in [-0.2, -0.15) is 0 Å². The van der Waals surface area contributed by atoms with Crippen LogP contribution in [0.15, 0.2) is 53.5 Å². The van der Waals surface area contributed by atoms with E-state index in [1.165, 1.54) is 33.2 Å². The highest BCUT2D eigenvalue weighted by Crippen LogP contribution is 2.70. The normalized spacial score (nSPS) is 40.3. The number of amides is 1. The fourth-order valence-electron chi connectivity index (χ4n) is 14.7. The van der Waals surface area contributed by atoms with Gasteiger partial charge in [-0.05, 0) is 80.8 Å². The number of ether oxygens (including phenoxy) is 4. The van der Waals surface area contributed by atoms with Crippen LogP contribution in [0.1, 0.15) is 76.0 Å². The molecular formula is C46H54N4O10. The average molecular weight is 823 g/mol. The van der Waals surface area contributed by atoms with Gasteiger partial charge < -0.3 is 34.1 Å². The van der Waals surface area contributed by atoms with E-state index in [0.717, 1.165) is 11.3 Å². The summed E-state index contributed by atoms with van der Waals surface area (Å²) in [4.78, 5) is 68.0. The van der Waals surface area contributed by atoms with E-state index >= 15 is 4.79 Å². The van der Waals surface area contributed by atoms with E-state index in [-0.39, 0.29) is 18.4 Å². The summed E-state index contributed by atoms with van der Waals surface area (Å²) < 4.78 is 23.7. The fraction of sp³-hybridized carbons (Fsp3) is 0.587. The summed E-state index contributed by atoms with van der Waals surface area (Å²) in [6, 6.07) is 10.0. The maximum Gasteiger partial charge on any atom is 0.344 e. The monoisotopic (exact) mass is 822 g/mol. The molecule has 14 heteroatoms. The molecule has 0 radical (unpaired) electrons. The number of hydrogen-bond acceptors (Lipinski definition) is 13. The van der Waals surface area contributed by atoms with Crippen LogP contribution in [0.5, 0.6) is 5.75 Å². The molecular weight excluding hydrogens is 769 g/mol. The van der Waals surface area contributed by atoms with Crippen molar-refractivity contribution in [1.29, 1.82) is 0 Å². The molecule has 0 aromatic heterocycles. The molecule has 11 unspecified atom stereocenters. The number of hydrogen-bond donors (Lipinski definition) is 2. The van der Waals surface area contributed by atoms with Crippen LogP contribution in [-0.4, -0.2) is 133 Å². The third-order valence-electron chi connectivity index (χ3n) is 16.6. The number of rotatable bonds is 8. The molecule has 2 N–H and O–H groups in total. The van der Waals surface area contributed by atoms with Gasteiger partial charge in [-0.3, -0.25) is 29.2 Å². The number of fused-ring (bicyclic) bond motifs is 2. The van der Waals surface area contributed by atoms with Gasteiger partial charge in [0.25, 0.3) is 0 Å². The lowest BCUT2D eigenvalue weighted by Gasteiger charge is -2.63. The molecule has 0 bridgehead atoms. The van der Waals surface area contributed by atoms with E-state index in [1.54, 1.807) is 6.07 Å². The van der Waals surface area contributed by atoms with Crippen molar-refractivity contribution in [2.24, 2.45) is 16.3 Å². The predicted molar refractivity (Wildman–Crippen MR) is 218 cm³/mol. The Morgan fingerprint density at radius 3 is 2.35 bits per heavy atom. The average Bonchev–Trinajstić information content (AvgIpc) is 4.01. The summed E-state index contributed by atoms with van der Waals surface area (Å²) >= 11 is 0. The third kappa shape index (κ3) is 4.40. The number of anilines is 1. The summed E-state index contributed by atoms with van der Waals surface area (Å²) in [6.07, 6.45) is 5.95. The second kappa shape index (κ2) is 12.9. The van der Waals surface area contributed by atoms with Gasteiger partial charge in [-0.1, -0.05) is 44.2 Å². The van der Waals surface area contributed by atoms with Crippen LogP contribution in [-0.2, 0) is 49.6 Å². The zero-order valence-corrected chi connectivity index (χ0v) is 35.1. The van der Waals surface area contributed by atoms with Crippen LogP contribution in [0.2, 0.25) is 0 Å². The van der Waals surface area contributed by atoms with Gasteiger partial charge in [0, 0.05) is 54.6 Å². The number of nitrogens with zero attached hydrogens (tertiary/aromatic N) is 4. The summed E-state index contributed by atoms with van der Waals surface area (Å²) in [5, 5.41) is 25.4. The van der Waals surface area contributed by atoms with Crippen molar-refractivity contribution in [3.8, 4) is 5.75 Å². The molecule has 8 aliphatic rings. The van der Waals surface area contributed by atoms with Crippen LogP contribution in [0.25, 0.3) is 0 Å². The topological polar surface area (TPSA) is 168 Å². The van der Waals surface area contributed by atoms with Gasteiger partial charge >= 0.3 is 17.9 Å². The van der Waals surface area contributed by atoms with Crippen molar-refractivity contribution in [3.05, 3.63) is 65.2 Å². The van der Waals surface area contributed by atoms with Gasteiger partial charge in [0.05, 0.1) is 55.5 Å². The highest BCUT2D eigenvalue weighted by Gasteiger charge is 2.81. The van der Waals surface area contributed by atoms with Crippen molar-refractivity contribution in [2.75, 3.05) is 52.4 Å². The Labute approximate surface area is 349 Å². The van der Waals surface area contributed by atoms with E-state index in [4.69, 9.17) is 23.9 Å². The van der Waals surface area contributed by atoms with Crippen LogP contribution in [0.4, 0.5) is 11.4 Å². The van der Waals surface area contributed by atoms with Crippen molar-refractivity contribution in [3.63, 3.8) is 0 Å². The summed E-state index contributed by atoms with van der Waals surface area (Å²) in [6.45, 7) is 7.56. The number of carbonyl (C=O) groups is 4. The van der Waals surface area contributed by atoms with E-state index in [9.17, 15) is 24.6 Å². The molecule has 3 saturated heterocycles. The van der Waals surface area contributed by atoms with Crippen molar-refractivity contribution >= 4 is 41.4 Å². The number of methoxy groups -OCH3 is 3. The highest BCUT2D eigenvalue weighted by atomic mass is 16.6. The quantitative estimate of drug-likeness (QED) is 0.173. The molecule has 2 aromatic carbocycles. The first-order chi connectivity index (χ1) is 28.8. The first kappa shape index (κ1) is 39.5. The number of benzene rings is 2. The molecule has 2 aliphatic carbocycles. The molecule has 5 fully saturated rings. The molecule has 10 rings (SSSR count). The standard InChI is InChI=1S/C46H54N4O10/c1-7-41(55)22-27-23-45(39(53)58-5,35-43(15-19-49(24-41)34(27)43)28-12-9-10-13-31(28)47-35)30-20-29-32(21-33(30)57-4)50(25-51)37-44(29)16-18-48-17-11-14-42(8-2,36(44)48)38(60-26(3)52)46(37,56)40(54)59-6/h9-14,20-21,25,27,34,36-38,55-56H,7-8,15-19,22-24H2,1-6H3. The second-order valence-corrected chi connectivity index (χ2v) is 18.6. The lowest BCUT2D eigenvalue weighted by Crippen LogP contribution is -2.81. The Kier molecular flexibility index (Phi) is 8.52. The van der Waals surface area contributed by atoms with Gasteiger partial charge in [0.15, 0.2) is 6.10 Å². The van der Waals surface area contributed by atoms with Crippen molar-refractivity contribution in [1.82, 2.24) is 9.80 Å². The van der Waals surface area contributed by atoms with E-state index in [0.29, 0.717) is 93.0 Å². The smallest absolute Gasteiger partial charge is 0.344 e. The SMILES string of the molecule is CCC1(O)CC2CC(C(=O)OC)(c3cc4c(cc3OC)N(C=O)C3C(O)(C(=O)OC)C(OC(C)=O)C5(CC)C=CCN6CCC43C65)C3=Nc4ccccc4C34CCN(C1)C24. The number of aliphatic imine (C=N–C) groups is 1. The fourth-order valence-corrected chi connectivity index (χ4v) is 14.7. The Balaban J connectivity index is 1.28. The molecule has 6 heterocycles. The molecule has 11 atom stereocenters. The minimum atomic E-state index is -2.53. The van der Waals surface area contributed by atoms with Crippen LogP contribution in [0, 0.1) is 11.3 Å². The van der Waals surface area contributed by atoms with E-state index in [2.05, 4.69) is 15.9 Å². The number of aliphatic hydroxyl groups is 2. The lowest BCUT2D eigenvalue weighted by molar-refractivity contribution is -0.228. The maximum atomic E-state index is 15.3. The molecule has 2 spiro atoms. The Morgan fingerprint density at radius 2 is 1.67 bits per heavy atom. The summed E-state index contributed by atoms with van der Waals surface area (Å²) in [5.74, 6) is -2.07. The molecule has 14 nitrogen and oxygen atoms in total. The summed E-state index contributed by atoms with van der Waals surface area (Å²) in [5.41, 5.74) is -3.80. The molecule has 1 amide bonds. The molecule has 318 valence electrons. The Bertz CT molecular complexity index is 2300. The number of esters is 3. The van der Waals surface area contributed by atoms with Gasteiger partial charge in [0.1, 0.15) is 11.2 Å². The van der Waals surface area contributed by atoms with E-state index < -0.39 is 69.0 Å². The largest absolute Gasteiger partial charge is 0.496 e. The molecule has 6 aliphatic heterocycles. The number of carbonyl (C=O) groups excluding carboxylic acids is 4. The zero-order valence-electron chi connectivity index (χ0n) is 35.1. The summed E-state index contributed by atoms with van der Waals surface area (Å²) in [7, 11) is 4.09. The van der Waals surface area contributed by atoms with Crippen LogP contribution >= 0.6 is 0 Å². The van der Waals surface area contributed by atoms with Crippen LogP contribution in [0.3, 0.4) is 0 Å². The zero-order chi connectivity index (χ0) is 42.4. The third-order valence-corrected chi connectivity index (χ3v) is 16.6. The number of para-hydroxylation sites is 1. The molecule has 60 heavy (non-hydrogen) atoms. The molecule has 2 aromatic rings. The second-order valence-electron chi connectivity index (χ2n) is 18.6. The minimum absolute atomic E-state index is 0.0207. The highest BCUT2D eigenvalue weighted by molar-refractivity contribution is 6.21. The number of piperidine rings is 1.